The molecule has 0 amide bonds. The van der Waals surface area contributed by atoms with Crippen LogP contribution in [0.25, 0.3) is 0 Å². The summed E-state index contributed by atoms with van der Waals surface area (Å²) in [6.45, 7) is 6.13. The summed E-state index contributed by atoms with van der Waals surface area (Å²) < 4.78 is 4.90. The Balaban J connectivity index is 3.74. The van der Waals surface area contributed by atoms with Crippen molar-refractivity contribution in [2.45, 2.75) is 84.7 Å². The summed E-state index contributed by atoms with van der Waals surface area (Å²) in [4.78, 5) is 22.1. The predicted molar refractivity (Wildman–Crippen MR) is 79.6 cm³/mol. The molecule has 0 radical (unpaired) electrons. The lowest BCUT2D eigenvalue weighted by atomic mass is 9.95. The monoisotopic (exact) mass is 286 g/mol. The summed E-state index contributed by atoms with van der Waals surface area (Å²) >= 11 is 0. The second-order valence-corrected chi connectivity index (χ2v) is 5.34. The number of carbonyl (C=O) groups excluding carboxylic acids is 1. The first-order chi connectivity index (χ1) is 9.54. The van der Waals surface area contributed by atoms with Crippen LogP contribution in [0.5, 0.6) is 0 Å². The molecule has 0 bridgehead atoms. The van der Waals surface area contributed by atoms with Crippen LogP contribution in [0.2, 0.25) is 0 Å². The van der Waals surface area contributed by atoms with Gasteiger partial charge in [0, 0.05) is 6.42 Å². The van der Waals surface area contributed by atoms with Gasteiger partial charge in [0.1, 0.15) is 0 Å². The Morgan fingerprint density at radius 1 is 0.950 bits per heavy atom. The van der Waals surface area contributed by atoms with Crippen LogP contribution in [-0.4, -0.2) is 23.1 Å². The number of hydrogen-bond donors (Lipinski definition) is 1. The molecule has 0 aliphatic rings. The zero-order valence-corrected chi connectivity index (χ0v) is 13.2. The van der Waals surface area contributed by atoms with Gasteiger partial charge in [0.2, 0.25) is 0 Å². The summed E-state index contributed by atoms with van der Waals surface area (Å²) in [6, 6.07) is 0. The fourth-order valence-corrected chi connectivity index (χ4v) is 2.29. The van der Waals surface area contributed by atoms with Crippen LogP contribution in [0.1, 0.15) is 78.6 Å². The van der Waals surface area contributed by atoms with E-state index in [1.54, 1.807) is 6.92 Å². The fraction of sp³-hybridized carbons (Fsp3) is 0.875. The van der Waals surface area contributed by atoms with E-state index < -0.39 is 18.0 Å². The molecule has 0 aliphatic heterocycles. The van der Waals surface area contributed by atoms with E-state index in [2.05, 4.69) is 13.8 Å². The second-order valence-electron chi connectivity index (χ2n) is 5.34. The molecule has 0 heterocycles. The van der Waals surface area contributed by atoms with Crippen molar-refractivity contribution < 1.29 is 19.4 Å². The molecule has 0 aromatic carbocycles. The summed E-state index contributed by atoms with van der Waals surface area (Å²) in [5.41, 5.74) is 0. The molecule has 0 aliphatic carbocycles. The number of esters is 1. The van der Waals surface area contributed by atoms with Gasteiger partial charge in [0.25, 0.3) is 0 Å². The molecule has 1 N–H and O–H groups in total. The molecule has 0 saturated heterocycles. The van der Waals surface area contributed by atoms with Gasteiger partial charge < -0.3 is 9.84 Å². The third kappa shape index (κ3) is 8.94. The Morgan fingerprint density at radius 2 is 1.50 bits per heavy atom. The van der Waals surface area contributed by atoms with Crippen molar-refractivity contribution in [2.24, 2.45) is 5.92 Å². The highest BCUT2D eigenvalue weighted by atomic mass is 16.6. The summed E-state index contributed by atoms with van der Waals surface area (Å²) in [5.74, 6) is -0.651. The average Bonchev–Trinajstić information content (AvgIpc) is 2.44. The number of hydrogen-bond acceptors (Lipinski definition) is 3. The Hall–Kier alpha value is -1.06. The molecule has 0 fully saturated rings. The summed E-state index contributed by atoms with van der Waals surface area (Å²) in [5, 5.41) is 8.98. The zero-order valence-electron chi connectivity index (χ0n) is 13.2. The molecule has 1 atom stereocenters. The number of aliphatic carboxylic acids is 1. The number of carboxylic acids is 1. The quantitative estimate of drug-likeness (QED) is 0.432. The first-order valence-electron chi connectivity index (χ1n) is 7.97. The predicted octanol–water partition coefficient (Wildman–Crippen LogP) is 4.17. The van der Waals surface area contributed by atoms with Crippen molar-refractivity contribution >= 4 is 11.9 Å². The fourth-order valence-electron chi connectivity index (χ4n) is 2.29. The van der Waals surface area contributed by atoms with E-state index >= 15 is 0 Å². The third-order valence-corrected chi connectivity index (χ3v) is 3.82. The maximum absolute atomic E-state index is 11.1. The van der Waals surface area contributed by atoms with Crippen molar-refractivity contribution in [1.29, 1.82) is 0 Å². The summed E-state index contributed by atoms with van der Waals surface area (Å²) in [6.07, 6.45) is 7.57. The molecule has 0 rings (SSSR count). The van der Waals surface area contributed by atoms with E-state index in [0.717, 1.165) is 25.2 Å². The maximum Gasteiger partial charge on any atom is 0.345 e. The maximum atomic E-state index is 11.1. The molecule has 0 saturated carbocycles. The van der Waals surface area contributed by atoms with Crippen molar-refractivity contribution in [3.8, 4) is 0 Å². The van der Waals surface area contributed by atoms with Gasteiger partial charge in [-0.15, -0.1) is 0 Å². The molecule has 0 aromatic rings. The lowest BCUT2D eigenvalue weighted by Crippen LogP contribution is -2.26. The molecular weight excluding hydrogens is 256 g/mol. The van der Waals surface area contributed by atoms with Gasteiger partial charge in [0.15, 0.2) is 6.10 Å². The molecule has 4 heteroatoms. The molecule has 4 nitrogen and oxygen atoms in total. The second kappa shape index (κ2) is 11.7. The average molecular weight is 286 g/mol. The van der Waals surface area contributed by atoms with Gasteiger partial charge in [0.05, 0.1) is 0 Å². The number of unbranched alkanes of at least 4 members (excludes halogenated alkanes) is 3. The number of rotatable bonds is 12. The number of carbonyl (C=O) groups is 2. The molecular formula is C16H30O4. The SMILES string of the molecule is CCC(=O)OC(CCCCCCC(CC)CC)C(=O)O. The molecule has 20 heavy (non-hydrogen) atoms. The highest BCUT2D eigenvalue weighted by Crippen LogP contribution is 2.18. The van der Waals surface area contributed by atoms with Crippen LogP contribution in [-0.2, 0) is 14.3 Å². The zero-order chi connectivity index (χ0) is 15.4. The highest BCUT2D eigenvalue weighted by molar-refractivity contribution is 5.77. The standard InChI is InChI=1S/C16H30O4/c1-4-13(5-2)11-9-7-8-10-12-14(16(18)19)20-15(17)6-3/h13-14H,4-12H2,1-3H3,(H,18,19). The topological polar surface area (TPSA) is 63.6 Å². The van der Waals surface area contributed by atoms with E-state index in [9.17, 15) is 9.59 Å². The number of ether oxygens (including phenoxy) is 1. The normalized spacial score (nSPS) is 12.4. The van der Waals surface area contributed by atoms with Crippen LogP contribution in [0.3, 0.4) is 0 Å². The van der Waals surface area contributed by atoms with Crippen LogP contribution in [0.4, 0.5) is 0 Å². The van der Waals surface area contributed by atoms with E-state index in [1.165, 1.54) is 25.7 Å². The molecule has 1 unspecified atom stereocenters. The van der Waals surface area contributed by atoms with Gasteiger partial charge in [-0.25, -0.2) is 4.79 Å². The van der Waals surface area contributed by atoms with Crippen molar-refractivity contribution in [2.75, 3.05) is 0 Å². The minimum absolute atomic E-state index is 0.221. The van der Waals surface area contributed by atoms with Crippen molar-refractivity contribution in [1.82, 2.24) is 0 Å². The lowest BCUT2D eigenvalue weighted by Gasteiger charge is -2.14. The first-order valence-corrected chi connectivity index (χ1v) is 7.97. The van der Waals surface area contributed by atoms with Gasteiger partial charge in [-0.2, -0.15) is 0 Å². The minimum Gasteiger partial charge on any atom is -0.479 e. The van der Waals surface area contributed by atoms with Gasteiger partial charge in [-0.1, -0.05) is 59.3 Å². The molecule has 0 spiro atoms. The largest absolute Gasteiger partial charge is 0.479 e. The Bertz CT molecular complexity index is 272. The Labute approximate surface area is 122 Å². The minimum atomic E-state index is -1.04. The Morgan fingerprint density at radius 3 is 1.95 bits per heavy atom. The molecule has 0 aromatic heterocycles. The first kappa shape index (κ1) is 18.9. The van der Waals surface area contributed by atoms with Crippen LogP contribution < -0.4 is 0 Å². The summed E-state index contributed by atoms with van der Waals surface area (Å²) in [7, 11) is 0. The Kier molecular flexibility index (Phi) is 11.1. The van der Waals surface area contributed by atoms with E-state index in [-0.39, 0.29) is 6.42 Å². The van der Waals surface area contributed by atoms with E-state index in [0.29, 0.717) is 6.42 Å². The third-order valence-electron chi connectivity index (χ3n) is 3.82. The van der Waals surface area contributed by atoms with Gasteiger partial charge in [-0.3, -0.25) is 4.79 Å². The lowest BCUT2D eigenvalue weighted by molar-refractivity contribution is -0.164. The van der Waals surface area contributed by atoms with Crippen molar-refractivity contribution in [3.05, 3.63) is 0 Å². The van der Waals surface area contributed by atoms with E-state index in [1.807, 2.05) is 0 Å². The smallest absolute Gasteiger partial charge is 0.345 e. The van der Waals surface area contributed by atoms with Gasteiger partial charge >= 0.3 is 11.9 Å². The highest BCUT2D eigenvalue weighted by Gasteiger charge is 2.20. The van der Waals surface area contributed by atoms with Crippen LogP contribution in [0.15, 0.2) is 0 Å². The number of carboxylic acid groups (broad SMARTS) is 1. The molecule has 118 valence electrons. The van der Waals surface area contributed by atoms with Crippen molar-refractivity contribution in [3.63, 3.8) is 0 Å². The van der Waals surface area contributed by atoms with E-state index in [4.69, 9.17) is 9.84 Å². The van der Waals surface area contributed by atoms with Gasteiger partial charge in [-0.05, 0) is 18.8 Å². The van der Waals surface area contributed by atoms with Crippen LogP contribution >= 0.6 is 0 Å². The van der Waals surface area contributed by atoms with Crippen LogP contribution in [0, 0.1) is 5.92 Å².